The summed E-state index contributed by atoms with van der Waals surface area (Å²) < 4.78 is 5.21. The second-order valence-electron chi connectivity index (χ2n) is 6.51. The second-order valence-corrected chi connectivity index (χ2v) is 6.89. The molecule has 2 nitrogen and oxygen atoms in total. The summed E-state index contributed by atoms with van der Waals surface area (Å²) in [6, 6.07) is 0. The molecular weight excluding hydrogens is 236 g/mol. The van der Waals surface area contributed by atoms with Crippen LogP contribution in [0.2, 0.25) is 5.02 Å². The maximum absolute atomic E-state index is 12.1. The van der Waals surface area contributed by atoms with E-state index in [-0.39, 0.29) is 16.5 Å². The normalized spacial score (nSPS) is 12.9. The second kappa shape index (κ2) is 4.16. The third kappa shape index (κ3) is 2.74. The first kappa shape index (κ1) is 14.3. The molecule has 0 amide bonds. The van der Waals surface area contributed by atoms with E-state index in [4.69, 9.17) is 16.0 Å². The molecule has 17 heavy (non-hydrogen) atoms. The van der Waals surface area contributed by atoms with Crippen LogP contribution >= 0.6 is 11.6 Å². The standard InChI is InChI=1S/C14H21ClO2/c1-8-11(15)9(13(2,3)4)10(12(16)17-8)14(5,6)7/h1-7H3. The highest BCUT2D eigenvalue weighted by Gasteiger charge is 2.32. The molecule has 0 saturated carbocycles. The molecule has 0 aliphatic heterocycles. The van der Waals surface area contributed by atoms with Gasteiger partial charge in [-0.05, 0) is 23.3 Å². The Kier molecular flexibility index (Phi) is 3.50. The number of rotatable bonds is 0. The Labute approximate surface area is 108 Å². The molecule has 1 aromatic rings. The lowest BCUT2D eigenvalue weighted by atomic mass is 9.76. The molecular formula is C14H21ClO2. The van der Waals surface area contributed by atoms with Crippen LogP contribution in [-0.2, 0) is 10.8 Å². The van der Waals surface area contributed by atoms with Gasteiger partial charge in [-0.2, -0.15) is 0 Å². The minimum Gasteiger partial charge on any atom is -0.426 e. The molecule has 0 atom stereocenters. The van der Waals surface area contributed by atoms with Crippen LogP contribution in [0.4, 0.5) is 0 Å². The molecule has 0 saturated heterocycles. The number of halogens is 1. The van der Waals surface area contributed by atoms with E-state index in [9.17, 15) is 4.79 Å². The molecule has 0 aliphatic carbocycles. The van der Waals surface area contributed by atoms with Crippen LogP contribution in [0.15, 0.2) is 9.21 Å². The Balaban J connectivity index is 3.83. The van der Waals surface area contributed by atoms with E-state index in [1.54, 1.807) is 6.92 Å². The van der Waals surface area contributed by atoms with Gasteiger partial charge in [0.25, 0.3) is 0 Å². The number of hydrogen-bond donors (Lipinski definition) is 0. The van der Waals surface area contributed by atoms with E-state index in [1.165, 1.54) is 0 Å². The summed E-state index contributed by atoms with van der Waals surface area (Å²) in [6.45, 7) is 13.9. The Morgan fingerprint density at radius 2 is 1.35 bits per heavy atom. The minimum atomic E-state index is -0.277. The van der Waals surface area contributed by atoms with Crippen molar-refractivity contribution in [2.24, 2.45) is 0 Å². The zero-order chi connectivity index (χ0) is 13.6. The predicted molar refractivity (Wildman–Crippen MR) is 72.1 cm³/mol. The summed E-state index contributed by atoms with van der Waals surface area (Å²) in [5, 5.41) is 0.571. The first-order valence-corrected chi connectivity index (χ1v) is 6.18. The Bertz CT molecular complexity index is 485. The van der Waals surface area contributed by atoms with E-state index in [2.05, 4.69) is 20.8 Å². The van der Waals surface area contributed by atoms with E-state index < -0.39 is 0 Å². The van der Waals surface area contributed by atoms with Gasteiger partial charge in [0.15, 0.2) is 0 Å². The summed E-state index contributed by atoms with van der Waals surface area (Å²) >= 11 is 6.33. The molecule has 0 bridgehead atoms. The monoisotopic (exact) mass is 256 g/mol. The third-order valence-corrected chi connectivity index (χ3v) is 3.18. The third-order valence-electron chi connectivity index (χ3n) is 2.73. The number of aryl methyl sites for hydroxylation is 1. The zero-order valence-corrected chi connectivity index (χ0v) is 12.5. The van der Waals surface area contributed by atoms with Gasteiger partial charge in [0.1, 0.15) is 5.76 Å². The van der Waals surface area contributed by atoms with Gasteiger partial charge < -0.3 is 4.42 Å². The average Bonchev–Trinajstić information content (AvgIpc) is 2.06. The van der Waals surface area contributed by atoms with Gasteiger partial charge in [-0.15, -0.1) is 0 Å². The fraction of sp³-hybridized carbons (Fsp3) is 0.643. The molecule has 96 valence electrons. The number of hydrogen-bond acceptors (Lipinski definition) is 2. The van der Waals surface area contributed by atoms with Crippen molar-refractivity contribution < 1.29 is 4.42 Å². The largest absolute Gasteiger partial charge is 0.426 e. The van der Waals surface area contributed by atoms with Crippen molar-refractivity contribution in [2.75, 3.05) is 0 Å². The molecule has 1 aromatic heterocycles. The predicted octanol–water partition coefficient (Wildman–Crippen LogP) is 4.20. The molecule has 0 aromatic carbocycles. The van der Waals surface area contributed by atoms with Crippen molar-refractivity contribution in [1.29, 1.82) is 0 Å². The molecule has 0 radical (unpaired) electrons. The van der Waals surface area contributed by atoms with Gasteiger partial charge in [-0.1, -0.05) is 53.1 Å². The zero-order valence-electron chi connectivity index (χ0n) is 11.7. The maximum Gasteiger partial charge on any atom is 0.340 e. The lowest BCUT2D eigenvalue weighted by molar-refractivity contribution is 0.428. The molecule has 0 unspecified atom stereocenters. The van der Waals surface area contributed by atoms with Crippen molar-refractivity contribution in [3.8, 4) is 0 Å². The molecule has 0 fully saturated rings. The van der Waals surface area contributed by atoms with Crippen LogP contribution in [0.3, 0.4) is 0 Å². The van der Waals surface area contributed by atoms with Crippen LogP contribution in [0.25, 0.3) is 0 Å². The highest BCUT2D eigenvalue weighted by Crippen LogP contribution is 2.37. The summed E-state index contributed by atoms with van der Waals surface area (Å²) in [5.74, 6) is 0.495. The topological polar surface area (TPSA) is 30.2 Å². The summed E-state index contributed by atoms with van der Waals surface area (Å²) in [6.07, 6.45) is 0. The van der Waals surface area contributed by atoms with E-state index in [0.717, 1.165) is 5.56 Å². The van der Waals surface area contributed by atoms with Gasteiger partial charge in [-0.25, -0.2) is 4.79 Å². The van der Waals surface area contributed by atoms with Crippen molar-refractivity contribution >= 4 is 11.6 Å². The first-order valence-electron chi connectivity index (χ1n) is 5.80. The Morgan fingerprint density at radius 1 is 0.941 bits per heavy atom. The Hall–Kier alpha value is -0.760. The highest BCUT2D eigenvalue weighted by atomic mass is 35.5. The summed E-state index contributed by atoms with van der Waals surface area (Å²) in [5.41, 5.74) is 0.853. The van der Waals surface area contributed by atoms with E-state index >= 15 is 0 Å². The molecule has 0 spiro atoms. The average molecular weight is 257 g/mol. The van der Waals surface area contributed by atoms with Crippen LogP contribution in [0.5, 0.6) is 0 Å². The minimum absolute atomic E-state index is 0.180. The SMILES string of the molecule is Cc1oc(=O)c(C(C)(C)C)c(C(C)(C)C)c1Cl. The molecule has 0 aliphatic rings. The lowest BCUT2D eigenvalue weighted by Crippen LogP contribution is -2.30. The molecule has 1 heterocycles. The van der Waals surface area contributed by atoms with Crippen LogP contribution in [0.1, 0.15) is 58.4 Å². The van der Waals surface area contributed by atoms with Crippen molar-refractivity contribution in [1.82, 2.24) is 0 Å². The van der Waals surface area contributed by atoms with E-state index in [1.807, 2.05) is 20.8 Å². The van der Waals surface area contributed by atoms with Crippen molar-refractivity contribution in [2.45, 2.75) is 59.3 Å². The first-order chi connectivity index (χ1) is 7.46. The highest BCUT2D eigenvalue weighted by molar-refractivity contribution is 6.32. The maximum atomic E-state index is 12.1. The van der Waals surface area contributed by atoms with Crippen molar-refractivity contribution in [3.05, 3.63) is 32.3 Å². The van der Waals surface area contributed by atoms with Crippen molar-refractivity contribution in [3.63, 3.8) is 0 Å². The fourth-order valence-corrected chi connectivity index (χ4v) is 2.42. The lowest BCUT2D eigenvalue weighted by Gasteiger charge is -2.29. The summed E-state index contributed by atoms with van der Waals surface area (Å²) in [7, 11) is 0. The van der Waals surface area contributed by atoms with E-state index in [0.29, 0.717) is 16.3 Å². The van der Waals surface area contributed by atoms with Crippen LogP contribution in [-0.4, -0.2) is 0 Å². The smallest absolute Gasteiger partial charge is 0.340 e. The molecule has 0 N–H and O–H groups in total. The van der Waals surface area contributed by atoms with Gasteiger partial charge in [0.2, 0.25) is 0 Å². The van der Waals surface area contributed by atoms with Crippen LogP contribution in [0, 0.1) is 6.92 Å². The quantitative estimate of drug-likeness (QED) is 0.697. The fourth-order valence-electron chi connectivity index (χ4n) is 2.01. The van der Waals surface area contributed by atoms with Gasteiger partial charge in [0.05, 0.1) is 5.02 Å². The van der Waals surface area contributed by atoms with Gasteiger partial charge in [0, 0.05) is 5.56 Å². The van der Waals surface area contributed by atoms with Gasteiger partial charge >= 0.3 is 5.63 Å². The molecule has 3 heteroatoms. The molecule has 1 rings (SSSR count). The van der Waals surface area contributed by atoms with Gasteiger partial charge in [-0.3, -0.25) is 0 Å². The Morgan fingerprint density at radius 3 is 1.71 bits per heavy atom. The summed E-state index contributed by atoms with van der Waals surface area (Å²) in [4.78, 5) is 12.1. The van der Waals surface area contributed by atoms with Crippen LogP contribution < -0.4 is 5.63 Å².